The van der Waals surface area contributed by atoms with E-state index in [2.05, 4.69) is 55.2 Å². The molecule has 0 aromatic heterocycles. The van der Waals surface area contributed by atoms with Crippen LogP contribution in [0.4, 0.5) is 0 Å². The molecule has 0 spiro atoms. The third-order valence-electron chi connectivity index (χ3n) is 4.33. The second-order valence-electron chi connectivity index (χ2n) is 6.34. The second kappa shape index (κ2) is 6.48. The highest BCUT2D eigenvalue weighted by Gasteiger charge is 2.17. The Hall–Kier alpha value is -1.54. The summed E-state index contributed by atoms with van der Waals surface area (Å²) < 4.78 is 6.12. The predicted molar refractivity (Wildman–Crippen MR) is 88.0 cm³/mol. The normalized spacial score (nSPS) is 19.4. The maximum Gasteiger partial charge on any atom is 0.130 e. The fraction of sp³-hybridized carbons (Fsp3) is 0.474. The van der Waals surface area contributed by atoms with Crippen molar-refractivity contribution in [1.82, 2.24) is 4.90 Å². The van der Waals surface area contributed by atoms with E-state index in [1.165, 1.54) is 37.1 Å². The highest BCUT2D eigenvalue weighted by molar-refractivity contribution is 5.62. The van der Waals surface area contributed by atoms with Gasteiger partial charge in [-0.2, -0.15) is 0 Å². The third-order valence-corrected chi connectivity index (χ3v) is 4.33. The summed E-state index contributed by atoms with van der Waals surface area (Å²) in [6, 6.07) is 8.78. The molecule has 0 saturated carbocycles. The number of allylic oxidation sites excluding steroid dienone is 2. The predicted octanol–water partition coefficient (Wildman–Crippen LogP) is 4.55. The molecule has 2 nitrogen and oxygen atoms in total. The highest BCUT2D eigenvalue weighted by Crippen LogP contribution is 2.26. The van der Waals surface area contributed by atoms with E-state index >= 15 is 0 Å². The Kier molecular flexibility index (Phi) is 4.45. The standard InChI is InChI=1S/C19H25NO/c1-15(2)16-8-10-17(11-9-16)19-7-5-6-18(21-19)14-20-12-3-4-13-20/h6-11,15H,3-5,12-14H2,1-2H3. The van der Waals surface area contributed by atoms with Gasteiger partial charge in [0.2, 0.25) is 0 Å². The van der Waals surface area contributed by atoms with Crippen LogP contribution in [0, 0.1) is 0 Å². The molecule has 112 valence electrons. The smallest absolute Gasteiger partial charge is 0.130 e. The molecule has 2 heteroatoms. The maximum absolute atomic E-state index is 6.12. The van der Waals surface area contributed by atoms with Crippen LogP contribution in [-0.4, -0.2) is 24.5 Å². The molecule has 2 heterocycles. The number of nitrogens with zero attached hydrogens (tertiary/aromatic N) is 1. The summed E-state index contributed by atoms with van der Waals surface area (Å²) in [5, 5.41) is 0. The number of hydrogen-bond acceptors (Lipinski definition) is 2. The largest absolute Gasteiger partial charge is 0.460 e. The lowest BCUT2D eigenvalue weighted by Gasteiger charge is -2.22. The summed E-state index contributed by atoms with van der Waals surface area (Å²) in [5.41, 5.74) is 2.56. The zero-order valence-corrected chi connectivity index (χ0v) is 13.1. The van der Waals surface area contributed by atoms with Gasteiger partial charge in [-0.05, 0) is 56.0 Å². The van der Waals surface area contributed by atoms with Gasteiger partial charge in [0.1, 0.15) is 11.5 Å². The van der Waals surface area contributed by atoms with Gasteiger partial charge in [0.25, 0.3) is 0 Å². The van der Waals surface area contributed by atoms with Gasteiger partial charge in [-0.3, -0.25) is 4.90 Å². The molecule has 1 aromatic rings. The third kappa shape index (κ3) is 3.56. The first-order chi connectivity index (χ1) is 10.2. The molecule has 0 atom stereocenters. The molecule has 1 aromatic carbocycles. The van der Waals surface area contributed by atoms with Crippen molar-refractivity contribution in [2.75, 3.05) is 19.6 Å². The lowest BCUT2D eigenvalue weighted by molar-refractivity contribution is 0.278. The van der Waals surface area contributed by atoms with Crippen molar-refractivity contribution in [2.24, 2.45) is 0 Å². The lowest BCUT2D eigenvalue weighted by atomic mass is 10.0. The van der Waals surface area contributed by atoms with E-state index in [0.717, 1.165) is 24.5 Å². The Morgan fingerprint density at radius 2 is 1.76 bits per heavy atom. The van der Waals surface area contributed by atoms with Crippen molar-refractivity contribution in [1.29, 1.82) is 0 Å². The summed E-state index contributed by atoms with van der Waals surface area (Å²) in [5.74, 6) is 2.70. The number of hydrogen-bond donors (Lipinski definition) is 0. The zero-order valence-electron chi connectivity index (χ0n) is 13.1. The van der Waals surface area contributed by atoms with Crippen LogP contribution < -0.4 is 0 Å². The fourth-order valence-corrected chi connectivity index (χ4v) is 2.99. The van der Waals surface area contributed by atoms with Crippen LogP contribution in [0.25, 0.3) is 5.76 Å². The number of ether oxygens (including phenoxy) is 1. The Bertz CT molecular complexity index is 533. The summed E-state index contributed by atoms with van der Waals surface area (Å²) in [6.07, 6.45) is 8.02. The van der Waals surface area contributed by atoms with E-state index < -0.39 is 0 Å². The van der Waals surface area contributed by atoms with Crippen LogP contribution in [0.15, 0.2) is 42.2 Å². The van der Waals surface area contributed by atoms with Crippen LogP contribution in [0.3, 0.4) is 0 Å². The molecule has 1 saturated heterocycles. The van der Waals surface area contributed by atoms with Gasteiger partial charge in [-0.15, -0.1) is 0 Å². The topological polar surface area (TPSA) is 12.5 Å². The van der Waals surface area contributed by atoms with Crippen molar-refractivity contribution in [3.63, 3.8) is 0 Å². The van der Waals surface area contributed by atoms with Gasteiger partial charge < -0.3 is 4.74 Å². The highest BCUT2D eigenvalue weighted by atomic mass is 16.5. The van der Waals surface area contributed by atoms with Crippen LogP contribution in [0.5, 0.6) is 0 Å². The minimum absolute atomic E-state index is 0.575. The van der Waals surface area contributed by atoms with E-state index in [1.54, 1.807) is 0 Å². The first-order valence-corrected chi connectivity index (χ1v) is 8.12. The van der Waals surface area contributed by atoms with E-state index in [4.69, 9.17) is 4.74 Å². The molecule has 2 aliphatic rings. The van der Waals surface area contributed by atoms with Gasteiger partial charge in [-0.25, -0.2) is 0 Å². The lowest BCUT2D eigenvalue weighted by Crippen LogP contribution is -2.23. The van der Waals surface area contributed by atoms with E-state index in [-0.39, 0.29) is 0 Å². The SMILES string of the molecule is CC(C)c1ccc(C2=CCC=C(CN3CCCC3)O2)cc1. The molecule has 3 rings (SSSR count). The van der Waals surface area contributed by atoms with Crippen LogP contribution in [-0.2, 0) is 4.74 Å². The van der Waals surface area contributed by atoms with Gasteiger partial charge in [-0.1, -0.05) is 38.1 Å². The Labute approximate surface area is 128 Å². The Morgan fingerprint density at radius 1 is 1.05 bits per heavy atom. The van der Waals surface area contributed by atoms with Gasteiger partial charge in [0.15, 0.2) is 0 Å². The van der Waals surface area contributed by atoms with Crippen molar-refractivity contribution < 1.29 is 4.74 Å². The fourth-order valence-electron chi connectivity index (χ4n) is 2.99. The maximum atomic E-state index is 6.12. The number of benzene rings is 1. The summed E-state index contributed by atoms with van der Waals surface area (Å²) >= 11 is 0. The average molecular weight is 283 g/mol. The molecule has 0 unspecified atom stereocenters. The van der Waals surface area contributed by atoms with Gasteiger partial charge in [0, 0.05) is 5.56 Å². The Morgan fingerprint density at radius 3 is 2.43 bits per heavy atom. The molecule has 0 amide bonds. The molecule has 0 aliphatic carbocycles. The first kappa shape index (κ1) is 14.4. The number of rotatable bonds is 4. The molecular formula is C19H25NO. The second-order valence-corrected chi connectivity index (χ2v) is 6.34. The molecule has 21 heavy (non-hydrogen) atoms. The monoisotopic (exact) mass is 283 g/mol. The first-order valence-electron chi connectivity index (χ1n) is 8.12. The Balaban J connectivity index is 1.64. The van der Waals surface area contributed by atoms with E-state index in [1.807, 2.05) is 0 Å². The zero-order chi connectivity index (χ0) is 14.7. The van der Waals surface area contributed by atoms with E-state index in [0.29, 0.717) is 5.92 Å². The van der Waals surface area contributed by atoms with Crippen molar-refractivity contribution in [2.45, 2.75) is 39.0 Å². The van der Waals surface area contributed by atoms with Crippen LogP contribution in [0.2, 0.25) is 0 Å². The van der Waals surface area contributed by atoms with Gasteiger partial charge >= 0.3 is 0 Å². The summed E-state index contributed by atoms with van der Waals surface area (Å²) in [4.78, 5) is 2.48. The minimum atomic E-state index is 0.575. The minimum Gasteiger partial charge on any atom is -0.460 e. The van der Waals surface area contributed by atoms with Crippen LogP contribution in [0.1, 0.15) is 50.2 Å². The van der Waals surface area contributed by atoms with Crippen molar-refractivity contribution >= 4 is 5.76 Å². The molecule has 0 N–H and O–H groups in total. The van der Waals surface area contributed by atoms with Crippen molar-refractivity contribution in [3.05, 3.63) is 53.3 Å². The molecule has 0 bridgehead atoms. The molecular weight excluding hydrogens is 258 g/mol. The van der Waals surface area contributed by atoms with Crippen LogP contribution >= 0.6 is 0 Å². The van der Waals surface area contributed by atoms with Gasteiger partial charge in [0.05, 0.1) is 6.54 Å². The summed E-state index contributed by atoms with van der Waals surface area (Å²) in [7, 11) is 0. The quantitative estimate of drug-likeness (QED) is 0.803. The molecule has 2 aliphatic heterocycles. The summed E-state index contributed by atoms with van der Waals surface area (Å²) in [6.45, 7) is 7.83. The van der Waals surface area contributed by atoms with Crippen molar-refractivity contribution in [3.8, 4) is 0 Å². The average Bonchev–Trinajstić information content (AvgIpc) is 3.00. The number of likely N-dealkylation sites (tertiary alicyclic amines) is 1. The molecule has 1 fully saturated rings. The molecule has 0 radical (unpaired) electrons. The van der Waals surface area contributed by atoms with E-state index in [9.17, 15) is 0 Å².